The molecule has 0 radical (unpaired) electrons. The van der Waals surface area contributed by atoms with E-state index in [0.717, 1.165) is 63.0 Å². The first-order valence-electron chi connectivity index (χ1n) is 7.68. The lowest BCUT2D eigenvalue weighted by atomic mass is 9.96. The first-order chi connectivity index (χ1) is 10.2. The Kier molecular flexibility index (Phi) is 5.16. The molecule has 0 aromatic carbocycles. The molecule has 3 rings (SSSR count). The molecule has 6 heteroatoms. The number of carbonyl (C=O) groups excluding carboxylic acids is 1. The van der Waals surface area contributed by atoms with Crippen LogP contribution in [-0.2, 0) is 11.3 Å². The molecular formula is C15H22ClN3OS. The number of nitrogens with zero attached hydrogens (tertiary/aromatic N) is 2. The van der Waals surface area contributed by atoms with Crippen molar-refractivity contribution in [2.75, 3.05) is 39.3 Å². The van der Waals surface area contributed by atoms with E-state index in [-0.39, 0.29) is 5.92 Å². The van der Waals surface area contributed by atoms with Crippen LogP contribution in [0.4, 0.5) is 0 Å². The van der Waals surface area contributed by atoms with Crippen LogP contribution in [0.2, 0.25) is 4.34 Å². The summed E-state index contributed by atoms with van der Waals surface area (Å²) in [5.74, 6) is 0.615. The molecule has 0 bridgehead atoms. The third-order valence-electron chi connectivity index (χ3n) is 4.38. The molecule has 0 spiro atoms. The molecule has 1 amide bonds. The smallest absolute Gasteiger partial charge is 0.225 e. The molecule has 0 saturated carbocycles. The molecular weight excluding hydrogens is 306 g/mol. The van der Waals surface area contributed by atoms with Gasteiger partial charge < -0.3 is 10.2 Å². The average Bonchev–Trinajstić information content (AvgIpc) is 2.93. The van der Waals surface area contributed by atoms with Crippen molar-refractivity contribution in [1.82, 2.24) is 15.1 Å². The second-order valence-corrected chi connectivity index (χ2v) is 7.63. The number of halogens is 1. The molecule has 1 N–H and O–H groups in total. The van der Waals surface area contributed by atoms with E-state index in [1.807, 2.05) is 6.07 Å². The minimum atomic E-state index is 0.244. The van der Waals surface area contributed by atoms with Crippen LogP contribution < -0.4 is 5.32 Å². The zero-order valence-electron chi connectivity index (χ0n) is 12.2. The van der Waals surface area contributed by atoms with Crippen molar-refractivity contribution in [3.63, 3.8) is 0 Å². The molecule has 1 aromatic rings. The molecule has 2 saturated heterocycles. The summed E-state index contributed by atoms with van der Waals surface area (Å²) < 4.78 is 0.852. The number of hydrogen-bond donors (Lipinski definition) is 1. The van der Waals surface area contributed by atoms with Gasteiger partial charge in [-0.25, -0.2) is 0 Å². The molecule has 4 nitrogen and oxygen atoms in total. The van der Waals surface area contributed by atoms with E-state index in [1.54, 1.807) is 11.3 Å². The standard InChI is InChI=1S/C15H22ClN3OS/c16-14-2-1-13(21-14)11-18-7-9-19(10-8-18)15(20)12-3-5-17-6-4-12/h1-2,12,17H,3-11H2. The van der Waals surface area contributed by atoms with Gasteiger partial charge in [-0.15, -0.1) is 11.3 Å². The van der Waals surface area contributed by atoms with Crippen LogP contribution in [0.1, 0.15) is 17.7 Å². The molecule has 0 atom stereocenters. The highest BCUT2D eigenvalue weighted by atomic mass is 35.5. The SMILES string of the molecule is O=C(C1CCNCC1)N1CCN(Cc2ccc(Cl)s2)CC1. The number of amides is 1. The Balaban J connectivity index is 1.47. The zero-order chi connectivity index (χ0) is 14.7. The van der Waals surface area contributed by atoms with Crippen LogP contribution in [0.3, 0.4) is 0 Å². The Morgan fingerprint density at radius 1 is 1.24 bits per heavy atom. The van der Waals surface area contributed by atoms with E-state index in [0.29, 0.717) is 5.91 Å². The van der Waals surface area contributed by atoms with Gasteiger partial charge >= 0.3 is 0 Å². The van der Waals surface area contributed by atoms with Gasteiger partial charge in [-0.2, -0.15) is 0 Å². The van der Waals surface area contributed by atoms with Crippen molar-refractivity contribution in [2.24, 2.45) is 5.92 Å². The highest BCUT2D eigenvalue weighted by Gasteiger charge is 2.28. The van der Waals surface area contributed by atoms with Gasteiger partial charge in [-0.05, 0) is 38.1 Å². The molecule has 0 unspecified atom stereocenters. The van der Waals surface area contributed by atoms with Crippen molar-refractivity contribution >= 4 is 28.8 Å². The van der Waals surface area contributed by atoms with Crippen LogP contribution in [0, 0.1) is 5.92 Å². The van der Waals surface area contributed by atoms with Gasteiger partial charge in [0.2, 0.25) is 5.91 Å². The number of rotatable bonds is 3. The third-order valence-corrected chi connectivity index (χ3v) is 5.60. The van der Waals surface area contributed by atoms with Gasteiger partial charge in [0.05, 0.1) is 4.34 Å². The van der Waals surface area contributed by atoms with E-state index in [9.17, 15) is 4.79 Å². The number of carbonyl (C=O) groups is 1. The largest absolute Gasteiger partial charge is 0.340 e. The lowest BCUT2D eigenvalue weighted by Gasteiger charge is -2.37. The molecule has 2 aliphatic heterocycles. The number of piperidine rings is 1. The first kappa shape index (κ1) is 15.3. The fourth-order valence-corrected chi connectivity index (χ4v) is 4.24. The Morgan fingerprint density at radius 3 is 2.57 bits per heavy atom. The lowest BCUT2D eigenvalue weighted by Crippen LogP contribution is -2.51. The van der Waals surface area contributed by atoms with Crippen molar-refractivity contribution in [3.8, 4) is 0 Å². The van der Waals surface area contributed by atoms with E-state index in [1.165, 1.54) is 4.88 Å². The normalized spacial score (nSPS) is 21.7. The van der Waals surface area contributed by atoms with Crippen LogP contribution in [-0.4, -0.2) is 55.0 Å². The topological polar surface area (TPSA) is 35.6 Å². The van der Waals surface area contributed by atoms with Gasteiger partial charge in [-0.1, -0.05) is 11.6 Å². The molecule has 21 heavy (non-hydrogen) atoms. The number of hydrogen-bond acceptors (Lipinski definition) is 4. The highest BCUT2D eigenvalue weighted by molar-refractivity contribution is 7.16. The molecule has 0 aliphatic carbocycles. The van der Waals surface area contributed by atoms with E-state index in [2.05, 4.69) is 21.2 Å². The van der Waals surface area contributed by atoms with Gasteiger partial charge in [0.1, 0.15) is 0 Å². The predicted octanol–water partition coefficient (Wildman–Crippen LogP) is 2.05. The number of piperazine rings is 1. The summed E-state index contributed by atoms with van der Waals surface area (Å²) in [6.45, 7) is 6.57. The molecule has 2 fully saturated rings. The summed E-state index contributed by atoms with van der Waals surface area (Å²) in [7, 11) is 0. The summed E-state index contributed by atoms with van der Waals surface area (Å²) in [6, 6.07) is 4.05. The lowest BCUT2D eigenvalue weighted by molar-refractivity contribution is -0.138. The average molecular weight is 328 g/mol. The molecule has 116 valence electrons. The first-order valence-corrected chi connectivity index (χ1v) is 8.88. The maximum absolute atomic E-state index is 12.5. The second kappa shape index (κ2) is 7.09. The summed E-state index contributed by atoms with van der Waals surface area (Å²) in [4.78, 5) is 18.3. The van der Waals surface area contributed by atoms with Crippen molar-refractivity contribution in [1.29, 1.82) is 0 Å². The molecule has 3 heterocycles. The van der Waals surface area contributed by atoms with E-state index < -0.39 is 0 Å². The van der Waals surface area contributed by atoms with Crippen LogP contribution >= 0.6 is 22.9 Å². The van der Waals surface area contributed by atoms with Crippen molar-refractivity contribution < 1.29 is 4.79 Å². The Morgan fingerprint density at radius 2 is 1.95 bits per heavy atom. The van der Waals surface area contributed by atoms with Crippen molar-refractivity contribution in [2.45, 2.75) is 19.4 Å². The van der Waals surface area contributed by atoms with E-state index in [4.69, 9.17) is 11.6 Å². The van der Waals surface area contributed by atoms with Crippen LogP contribution in [0.15, 0.2) is 12.1 Å². The Bertz CT molecular complexity index is 479. The maximum Gasteiger partial charge on any atom is 0.225 e. The molecule has 2 aliphatic rings. The summed E-state index contributed by atoms with van der Waals surface area (Å²) in [5, 5.41) is 3.32. The fourth-order valence-electron chi connectivity index (χ4n) is 3.11. The van der Waals surface area contributed by atoms with Gasteiger partial charge in [0, 0.05) is 43.5 Å². The minimum Gasteiger partial charge on any atom is -0.340 e. The quantitative estimate of drug-likeness (QED) is 0.923. The Hall–Kier alpha value is -0.620. The van der Waals surface area contributed by atoms with Gasteiger partial charge in [0.25, 0.3) is 0 Å². The van der Waals surface area contributed by atoms with Crippen LogP contribution in [0.25, 0.3) is 0 Å². The van der Waals surface area contributed by atoms with E-state index >= 15 is 0 Å². The minimum absolute atomic E-state index is 0.244. The van der Waals surface area contributed by atoms with Gasteiger partial charge in [0.15, 0.2) is 0 Å². The summed E-state index contributed by atoms with van der Waals surface area (Å²) in [6.07, 6.45) is 1.99. The maximum atomic E-state index is 12.5. The summed E-state index contributed by atoms with van der Waals surface area (Å²) in [5.41, 5.74) is 0. The summed E-state index contributed by atoms with van der Waals surface area (Å²) >= 11 is 7.62. The number of thiophene rings is 1. The molecule has 1 aromatic heterocycles. The van der Waals surface area contributed by atoms with Crippen LogP contribution in [0.5, 0.6) is 0 Å². The zero-order valence-corrected chi connectivity index (χ0v) is 13.8. The Labute approximate surface area is 135 Å². The fraction of sp³-hybridized carbons (Fsp3) is 0.667. The van der Waals surface area contributed by atoms with Crippen molar-refractivity contribution in [3.05, 3.63) is 21.3 Å². The second-order valence-electron chi connectivity index (χ2n) is 5.83. The van der Waals surface area contributed by atoms with Gasteiger partial charge in [-0.3, -0.25) is 9.69 Å². The highest BCUT2D eigenvalue weighted by Crippen LogP contribution is 2.23. The third kappa shape index (κ3) is 3.97. The monoisotopic (exact) mass is 327 g/mol. The number of nitrogens with one attached hydrogen (secondary N) is 1. The predicted molar refractivity (Wildman–Crippen MR) is 86.8 cm³/mol.